The number of pyridine rings is 1. The number of carbonyl (C=O) groups is 1. The van der Waals surface area contributed by atoms with Crippen LogP contribution in [0.15, 0.2) is 61.1 Å². The van der Waals surface area contributed by atoms with Gasteiger partial charge in [0.1, 0.15) is 18.1 Å². The zero-order chi connectivity index (χ0) is 19.8. The summed E-state index contributed by atoms with van der Waals surface area (Å²) in [5, 5.41) is 4.48. The van der Waals surface area contributed by atoms with Gasteiger partial charge in [0.15, 0.2) is 0 Å². The molecule has 7 nitrogen and oxygen atoms in total. The van der Waals surface area contributed by atoms with Gasteiger partial charge in [0.05, 0.1) is 18.8 Å². The minimum atomic E-state index is -0.354. The number of rotatable bonds is 4. The zero-order valence-corrected chi connectivity index (χ0v) is 15.5. The van der Waals surface area contributed by atoms with Crippen LogP contribution in [0.5, 0.6) is 5.88 Å². The summed E-state index contributed by atoms with van der Waals surface area (Å²) in [6.45, 7) is 1.96. The maximum absolute atomic E-state index is 13.1. The van der Waals surface area contributed by atoms with Gasteiger partial charge >= 0.3 is 0 Å². The molecule has 0 spiro atoms. The Kier molecular flexibility index (Phi) is 4.23. The number of hydrogen-bond acceptors (Lipinski definition) is 4. The molecular formula is C21H18FN5O2. The van der Waals surface area contributed by atoms with Gasteiger partial charge in [-0.05, 0) is 30.3 Å². The summed E-state index contributed by atoms with van der Waals surface area (Å²) in [5.41, 5.74) is 3.28. The van der Waals surface area contributed by atoms with Crippen LogP contribution in [0.1, 0.15) is 21.6 Å². The summed E-state index contributed by atoms with van der Waals surface area (Å²) in [7, 11) is 0. The highest BCUT2D eigenvalue weighted by atomic mass is 19.1. The van der Waals surface area contributed by atoms with E-state index in [-0.39, 0.29) is 11.7 Å². The Hall–Kier alpha value is -3.68. The maximum Gasteiger partial charge on any atom is 0.254 e. The molecule has 1 amide bonds. The molecule has 0 saturated carbocycles. The highest BCUT2D eigenvalue weighted by Crippen LogP contribution is 2.21. The normalized spacial score (nSPS) is 13.5. The van der Waals surface area contributed by atoms with Gasteiger partial charge in [0.2, 0.25) is 5.88 Å². The predicted molar refractivity (Wildman–Crippen MR) is 103 cm³/mol. The van der Waals surface area contributed by atoms with Crippen LogP contribution in [0, 0.1) is 5.82 Å². The molecule has 1 aliphatic heterocycles. The van der Waals surface area contributed by atoms with Crippen molar-refractivity contribution in [3.05, 3.63) is 83.7 Å². The first-order valence-electron chi connectivity index (χ1n) is 9.32. The number of carbonyl (C=O) groups excluding carboxylic acids is 1. The smallest absolute Gasteiger partial charge is 0.254 e. The second-order valence-corrected chi connectivity index (χ2v) is 6.95. The summed E-state index contributed by atoms with van der Waals surface area (Å²) in [5.74, 6) is 0.0580. The van der Waals surface area contributed by atoms with E-state index in [1.54, 1.807) is 11.1 Å². The van der Waals surface area contributed by atoms with Crippen molar-refractivity contribution >= 4 is 11.6 Å². The molecule has 0 bridgehead atoms. The number of fused-ring (bicyclic) bond motifs is 2. The average molecular weight is 391 g/mol. The summed E-state index contributed by atoms with van der Waals surface area (Å²) in [6, 6.07) is 11.4. The molecule has 1 aliphatic rings. The maximum atomic E-state index is 13.1. The molecule has 1 aromatic carbocycles. The second kappa shape index (κ2) is 7.05. The van der Waals surface area contributed by atoms with Crippen LogP contribution >= 0.6 is 0 Å². The molecule has 0 aliphatic carbocycles. The van der Waals surface area contributed by atoms with Crippen LogP contribution in [-0.4, -0.2) is 36.5 Å². The van der Waals surface area contributed by atoms with Crippen LogP contribution in [0.25, 0.3) is 5.65 Å². The minimum Gasteiger partial charge on any atom is -0.472 e. The zero-order valence-electron chi connectivity index (χ0n) is 15.5. The van der Waals surface area contributed by atoms with Crippen molar-refractivity contribution < 1.29 is 13.9 Å². The molecule has 8 heteroatoms. The summed E-state index contributed by atoms with van der Waals surface area (Å²) in [6.07, 6.45) is 5.62. The van der Waals surface area contributed by atoms with Gasteiger partial charge in [-0.2, -0.15) is 0 Å². The van der Waals surface area contributed by atoms with Crippen LogP contribution < -0.4 is 4.74 Å². The number of imidazole rings is 1. The van der Waals surface area contributed by atoms with Crippen molar-refractivity contribution in [2.24, 2.45) is 0 Å². The average Bonchev–Trinajstić information content (AvgIpc) is 3.37. The van der Waals surface area contributed by atoms with Gasteiger partial charge in [0.25, 0.3) is 5.91 Å². The lowest BCUT2D eigenvalue weighted by Crippen LogP contribution is -2.38. The summed E-state index contributed by atoms with van der Waals surface area (Å²) in [4.78, 5) is 18.6. The van der Waals surface area contributed by atoms with Crippen molar-refractivity contribution in [1.29, 1.82) is 0 Å². The third kappa shape index (κ3) is 3.44. The van der Waals surface area contributed by atoms with Gasteiger partial charge in [-0.25, -0.2) is 9.37 Å². The van der Waals surface area contributed by atoms with Gasteiger partial charge in [-0.1, -0.05) is 6.07 Å². The molecule has 0 atom stereocenters. The molecule has 4 heterocycles. The predicted octanol–water partition coefficient (Wildman–Crippen LogP) is 2.90. The molecule has 0 unspecified atom stereocenters. The third-order valence-electron chi connectivity index (χ3n) is 4.99. The van der Waals surface area contributed by atoms with E-state index in [1.807, 2.05) is 39.7 Å². The van der Waals surface area contributed by atoms with E-state index in [4.69, 9.17) is 4.74 Å². The van der Waals surface area contributed by atoms with Gasteiger partial charge in [-0.15, -0.1) is 5.10 Å². The van der Waals surface area contributed by atoms with Crippen molar-refractivity contribution in [2.45, 2.75) is 19.7 Å². The van der Waals surface area contributed by atoms with E-state index in [0.717, 1.165) is 16.9 Å². The fourth-order valence-corrected chi connectivity index (χ4v) is 3.47. The minimum absolute atomic E-state index is 0.117. The third-order valence-corrected chi connectivity index (χ3v) is 4.99. The monoisotopic (exact) mass is 391 g/mol. The Morgan fingerprint density at radius 3 is 2.86 bits per heavy atom. The van der Waals surface area contributed by atoms with Crippen molar-refractivity contribution in [1.82, 2.24) is 24.1 Å². The Bertz CT molecular complexity index is 1180. The number of aromatic nitrogens is 4. The second-order valence-electron chi connectivity index (χ2n) is 6.95. The Morgan fingerprint density at radius 2 is 2.00 bits per heavy atom. The molecule has 29 heavy (non-hydrogen) atoms. The van der Waals surface area contributed by atoms with Crippen LogP contribution in [0.4, 0.5) is 4.39 Å². The Balaban J connectivity index is 1.26. The van der Waals surface area contributed by atoms with Crippen molar-refractivity contribution in [2.75, 3.05) is 6.54 Å². The Morgan fingerprint density at radius 1 is 1.14 bits per heavy atom. The SMILES string of the molecule is O=C(c1ccc(F)cc1)N1CCn2nc(OCc3ccc4nccn4c3)cc2C1. The van der Waals surface area contributed by atoms with Crippen LogP contribution in [0.2, 0.25) is 0 Å². The molecular weight excluding hydrogens is 373 g/mol. The van der Waals surface area contributed by atoms with E-state index in [0.29, 0.717) is 37.7 Å². The first-order chi connectivity index (χ1) is 14.2. The van der Waals surface area contributed by atoms with E-state index in [1.165, 1.54) is 24.3 Å². The molecule has 0 saturated heterocycles. The van der Waals surface area contributed by atoms with Crippen molar-refractivity contribution in [3.8, 4) is 5.88 Å². The lowest BCUT2D eigenvalue weighted by atomic mass is 10.1. The molecule has 4 aromatic rings. The standard InChI is InChI=1S/C21H18FN5O2/c22-17-4-2-16(3-5-17)21(28)26-9-10-27-18(13-26)11-20(24-27)29-14-15-1-6-19-23-7-8-25(19)12-15/h1-8,11-12H,9-10,13-14H2. The number of hydrogen-bond donors (Lipinski definition) is 0. The van der Waals surface area contributed by atoms with E-state index in [9.17, 15) is 9.18 Å². The summed E-state index contributed by atoms with van der Waals surface area (Å²) >= 11 is 0. The first kappa shape index (κ1) is 17.4. The van der Waals surface area contributed by atoms with Gasteiger partial charge in [-0.3, -0.25) is 9.48 Å². The van der Waals surface area contributed by atoms with Gasteiger partial charge < -0.3 is 14.0 Å². The van der Waals surface area contributed by atoms with Crippen molar-refractivity contribution in [3.63, 3.8) is 0 Å². The largest absolute Gasteiger partial charge is 0.472 e. The lowest BCUT2D eigenvalue weighted by Gasteiger charge is -2.27. The van der Waals surface area contributed by atoms with E-state index in [2.05, 4.69) is 10.1 Å². The molecule has 0 N–H and O–H groups in total. The van der Waals surface area contributed by atoms with E-state index >= 15 is 0 Å². The number of nitrogens with zero attached hydrogens (tertiary/aromatic N) is 5. The molecule has 146 valence electrons. The summed E-state index contributed by atoms with van der Waals surface area (Å²) < 4.78 is 22.8. The number of benzene rings is 1. The number of ether oxygens (including phenoxy) is 1. The molecule has 0 radical (unpaired) electrons. The fraction of sp³-hybridized carbons (Fsp3) is 0.190. The number of halogens is 1. The topological polar surface area (TPSA) is 64.7 Å². The molecule has 3 aromatic heterocycles. The lowest BCUT2D eigenvalue weighted by molar-refractivity contribution is 0.0706. The van der Waals surface area contributed by atoms with Gasteiger partial charge in [0, 0.05) is 42.3 Å². The highest BCUT2D eigenvalue weighted by molar-refractivity contribution is 5.94. The van der Waals surface area contributed by atoms with Crippen LogP contribution in [-0.2, 0) is 19.7 Å². The number of amides is 1. The first-order valence-corrected chi connectivity index (χ1v) is 9.32. The quantitative estimate of drug-likeness (QED) is 0.537. The molecule has 0 fully saturated rings. The fourth-order valence-electron chi connectivity index (χ4n) is 3.47. The molecule has 5 rings (SSSR count). The highest BCUT2D eigenvalue weighted by Gasteiger charge is 2.23. The Labute approximate surface area is 166 Å². The van der Waals surface area contributed by atoms with E-state index < -0.39 is 0 Å². The van der Waals surface area contributed by atoms with Crippen LogP contribution in [0.3, 0.4) is 0 Å².